The lowest BCUT2D eigenvalue weighted by atomic mass is 10.2. The van der Waals surface area contributed by atoms with Crippen molar-refractivity contribution in [1.82, 2.24) is 9.55 Å². The number of carbonyl (C=O) groups is 1. The van der Waals surface area contributed by atoms with Gasteiger partial charge in [-0.15, -0.1) is 0 Å². The smallest absolute Gasteiger partial charge is 0.261 e. The fourth-order valence-electron chi connectivity index (χ4n) is 2.72. The number of para-hydroxylation sites is 1. The average molecular weight is 356 g/mol. The maximum atomic E-state index is 12.8. The number of anilines is 1. The van der Waals surface area contributed by atoms with Crippen LogP contribution in [-0.4, -0.2) is 22.5 Å². The van der Waals surface area contributed by atoms with Crippen LogP contribution in [0.4, 0.5) is 5.69 Å². The second-order valence-corrected chi connectivity index (χ2v) is 6.16. The summed E-state index contributed by atoms with van der Waals surface area (Å²) in [5.74, 6) is 0.382. The maximum absolute atomic E-state index is 12.8. The van der Waals surface area contributed by atoms with Gasteiger partial charge in [0, 0.05) is 24.2 Å². The van der Waals surface area contributed by atoms with Crippen molar-refractivity contribution in [1.29, 1.82) is 0 Å². The van der Waals surface area contributed by atoms with Crippen LogP contribution in [0.3, 0.4) is 0 Å². The standard InChI is InChI=1S/C19H18ClN3O2/c1-3-17-21-16-10-5-4-9-15(16)19(25)23(17)12-18(24)22(2)14-8-6-7-13(20)11-14/h4-11H,3,12H2,1-2H3. The van der Waals surface area contributed by atoms with Gasteiger partial charge in [0.05, 0.1) is 10.9 Å². The monoisotopic (exact) mass is 355 g/mol. The molecule has 2 aromatic carbocycles. The molecule has 0 bridgehead atoms. The molecule has 0 spiro atoms. The van der Waals surface area contributed by atoms with E-state index in [0.29, 0.717) is 33.9 Å². The van der Waals surface area contributed by atoms with Gasteiger partial charge in [0.25, 0.3) is 5.56 Å². The second kappa shape index (κ2) is 7.07. The van der Waals surface area contributed by atoms with Crippen molar-refractivity contribution in [2.45, 2.75) is 19.9 Å². The molecule has 6 heteroatoms. The van der Waals surface area contributed by atoms with Crippen molar-refractivity contribution < 1.29 is 4.79 Å². The zero-order valence-electron chi connectivity index (χ0n) is 14.1. The van der Waals surface area contributed by atoms with Crippen LogP contribution < -0.4 is 10.5 Å². The largest absolute Gasteiger partial charge is 0.314 e. The minimum Gasteiger partial charge on any atom is -0.314 e. The van der Waals surface area contributed by atoms with Gasteiger partial charge in [-0.2, -0.15) is 0 Å². The van der Waals surface area contributed by atoms with Crippen LogP contribution in [0, 0.1) is 0 Å². The number of hydrogen-bond donors (Lipinski definition) is 0. The van der Waals surface area contributed by atoms with Crippen molar-refractivity contribution in [2.75, 3.05) is 11.9 Å². The lowest BCUT2D eigenvalue weighted by molar-refractivity contribution is -0.119. The first-order chi connectivity index (χ1) is 12.0. The SMILES string of the molecule is CCc1nc2ccccc2c(=O)n1CC(=O)N(C)c1cccc(Cl)c1. The van der Waals surface area contributed by atoms with E-state index in [1.807, 2.05) is 13.0 Å². The fraction of sp³-hybridized carbons (Fsp3) is 0.211. The number of rotatable bonds is 4. The molecular weight excluding hydrogens is 338 g/mol. The minimum absolute atomic E-state index is 0.0666. The Balaban J connectivity index is 1.98. The first-order valence-corrected chi connectivity index (χ1v) is 8.39. The van der Waals surface area contributed by atoms with E-state index in [-0.39, 0.29) is 18.0 Å². The van der Waals surface area contributed by atoms with Crippen molar-refractivity contribution >= 4 is 34.1 Å². The third-order valence-electron chi connectivity index (χ3n) is 4.12. The molecule has 0 unspecified atom stereocenters. The Morgan fingerprint density at radius 2 is 1.96 bits per heavy atom. The normalized spacial score (nSPS) is 10.8. The van der Waals surface area contributed by atoms with E-state index >= 15 is 0 Å². The van der Waals surface area contributed by atoms with Crippen LogP contribution in [-0.2, 0) is 17.8 Å². The third kappa shape index (κ3) is 3.42. The van der Waals surface area contributed by atoms with Crippen molar-refractivity contribution in [3.05, 3.63) is 69.7 Å². The van der Waals surface area contributed by atoms with Gasteiger partial charge < -0.3 is 4.90 Å². The molecule has 0 saturated heterocycles. The molecule has 0 atom stereocenters. The summed E-state index contributed by atoms with van der Waals surface area (Å²) in [4.78, 5) is 31.5. The molecule has 25 heavy (non-hydrogen) atoms. The van der Waals surface area contributed by atoms with Gasteiger partial charge in [-0.1, -0.05) is 36.7 Å². The van der Waals surface area contributed by atoms with Crippen LogP contribution in [0.5, 0.6) is 0 Å². The molecule has 0 N–H and O–H groups in total. The number of fused-ring (bicyclic) bond motifs is 1. The van der Waals surface area contributed by atoms with Gasteiger partial charge in [-0.05, 0) is 30.3 Å². The Labute approximate surface area is 150 Å². The molecule has 3 aromatic rings. The van der Waals surface area contributed by atoms with E-state index in [4.69, 9.17) is 11.6 Å². The quantitative estimate of drug-likeness (QED) is 0.721. The molecule has 0 fully saturated rings. The number of aromatic nitrogens is 2. The van der Waals surface area contributed by atoms with Gasteiger partial charge in [-0.3, -0.25) is 14.2 Å². The predicted molar refractivity (Wildman–Crippen MR) is 100 cm³/mol. The topological polar surface area (TPSA) is 55.2 Å². The highest BCUT2D eigenvalue weighted by atomic mass is 35.5. The Morgan fingerprint density at radius 1 is 1.20 bits per heavy atom. The van der Waals surface area contributed by atoms with Crippen LogP contribution >= 0.6 is 11.6 Å². The predicted octanol–water partition coefficient (Wildman–Crippen LogP) is 3.28. The zero-order valence-corrected chi connectivity index (χ0v) is 14.8. The lowest BCUT2D eigenvalue weighted by Gasteiger charge is -2.19. The van der Waals surface area contributed by atoms with Gasteiger partial charge in [0.15, 0.2) is 0 Å². The molecule has 1 heterocycles. The summed E-state index contributed by atoms with van der Waals surface area (Å²) in [6, 6.07) is 14.2. The summed E-state index contributed by atoms with van der Waals surface area (Å²) >= 11 is 5.99. The maximum Gasteiger partial charge on any atom is 0.261 e. The number of carbonyl (C=O) groups excluding carboxylic acids is 1. The average Bonchev–Trinajstić information content (AvgIpc) is 2.63. The molecule has 0 aliphatic heterocycles. The molecule has 1 aromatic heterocycles. The molecule has 1 amide bonds. The summed E-state index contributed by atoms with van der Waals surface area (Å²) in [5.41, 5.74) is 1.13. The highest BCUT2D eigenvalue weighted by Gasteiger charge is 2.16. The van der Waals surface area contributed by atoms with E-state index in [1.54, 1.807) is 49.5 Å². The molecule has 0 saturated carbocycles. The van der Waals surface area contributed by atoms with E-state index in [0.717, 1.165) is 0 Å². The van der Waals surface area contributed by atoms with Gasteiger partial charge in [0.1, 0.15) is 12.4 Å². The number of likely N-dealkylation sites (N-methyl/N-ethyl adjacent to an activating group) is 1. The summed E-state index contributed by atoms with van der Waals surface area (Å²) in [6.45, 7) is 1.85. The van der Waals surface area contributed by atoms with Crippen molar-refractivity contribution in [3.63, 3.8) is 0 Å². The first kappa shape index (κ1) is 17.2. The first-order valence-electron chi connectivity index (χ1n) is 8.02. The molecule has 0 aliphatic carbocycles. The van der Waals surface area contributed by atoms with Crippen LogP contribution in [0.2, 0.25) is 5.02 Å². The van der Waals surface area contributed by atoms with E-state index in [9.17, 15) is 9.59 Å². The summed E-state index contributed by atoms with van der Waals surface area (Å²) in [7, 11) is 1.67. The lowest BCUT2D eigenvalue weighted by Crippen LogP contribution is -2.35. The molecule has 3 rings (SSSR count). The number of amides is 1. The number of aryl methyl sites for hydroxylation is 1. The Kier molecular flexibility index (Phi) is 4.86. The number of nitrogens with zero attached hydrogens (tertiary/aromatic N) is 3. The minimum atomic E-state index is -0.212. The molecule has 0 aliphatic rings. The van der Waals surface area contributed by atoms with E-state index < -0.39 is 0 Å². The van der Waals surface area contributed by atoms with Crippen LogP contribution in [0.25, 0.3) is 10.9 Å². The summed E-state index contributed by atoms with van der Waals surface area (Å²) in [5, 5.41) is 1.06. The highest BCUT2D eigenvalue weighted by molar-refractivity contribution is 6.30. The summed E-state index contributed by atoms with van der Waals surface area (Å²) in [6.07, 6.45) is 0.564. The third-order valence-corrected chi connectivity index (χ3v) is 4.35. The zero-order chi connectivity index (χ0) is 18.0. The molecule has 5 nitrogen and oxygen atoms in total. The molecular formula is C19H18ClN3O2. The number of benzene rings is 2. The van der Waals surface area contributed by atoms with E-state index in [2.05, 4.69) is 4.98 Å². The van der Waals surface area contributed by atoms with Crippen LogP contribution in [0.1, 0.15) is 12.7 Å². The summed E-state index contributed by atoms with van der Waals surface area (Å²) < 4.78 is 1.45. The molecule has 0 radical (unpaired) electrons. The Morgan fingerprint density at radius 3 is 2.68 bits per heavy atom. The molecule has 128 valence electrons. The van der Waals surface area contributed by atoms with Gasteiger partial charge in [-0.25, -0.2) is 4.98 Å². The van der Waals surface area contributed by atoms with Gasteiger partial charge in [0.2, 0.25) is 5.91 Å². The fourth-order valence-corrected chi connectivity index (χ4v) is 2.90. The Bertz CT molecular complexity index is 997. The second-order valence-electron chi connectivity index (χ2n) is 5.72. The van der Waals surface area contributed by atoms with Crippen LogP contribution in [0.15, 0.2) is 53.3 Å². The van der Waals surface area contributed by atoms with Crippen molar-refractivity contribution in [2.24, 2.45) is 0 Å². The number of hydrogen-bond acceptors (Lipinski definition) is 3. The van der Waals surface area contributed by atoms with E-state index in [1.165, 1.54) is 9.47 Å². The van der Waals surface area contributed by atoms with Gasteiger partial charge >= 0.3 is 0 Å². The Hall–Kier alpha value is -2.66. The van der Waals surface area contributed by atoms with Crippen molar-refractivity contribution in [3.8, 4) is 0 Å². The highest BCUT2D eigenvalue weighted by Crippen LogP contribution is 2.18. The number of halogens is 1.